The van der Waals surface area contributed by atoms with Crippen LogP contribution in [0.1, 0.15) is 30.5 Å². The number of halogens is 2. The minimum Gasteiger partial charge on any atom is -0.398 e. The fourth-order valence-electron chi connectivity index (χ4n) is 3.03. The molecule has 1 atom stereocenters. The van der Waals surface area contributed by atoms with E-state index in [0.717, 1.165) is 30.6 Å². The maximum atomic E-state index is 13.4. The molecule has 0 spiro atoms. The lowest BCUT2D eigenvalue weighted by atomic mass is 9.96. The van der Waals surface area contributed by atoms with E-state index in [1.165, 1.54) is 17.3 Å². The summed E-state index contributed by atoms with van der Waals surface area (Å²) in [6.07, 6.45) is 2.11. The highest BCUT2D eigenvalue weighted by Crippen LogP contribution is 2.36. The van der Waals surface area contributed by atoms with E-state index in [9.17, 15) is 4.39 Å². The van der Waals surface area contributed by atoms with Crippen molar-refractivity contribution in [3.05, 3.63) is 59.4 Å². The van der Waals surface area contributed by atoms with Crippen LogP contribution in [-0.2, 0) is 6.42 Å². The summed E-state index contributed by atoms with van der Waals surface area (Å²) in [7, 11) is 0. The van der Waals surface area contributed by atoms with Crippen molar-refractivity contribution in [3.8, 4) is 0 Å². The Morgan fingerprint density at radius 2 is 1.95 bits per heavy atom. The largest absolute Gasteiger partial charge is 0.398 e. The van der Waals surface area contributed by atoms with E-state index in [1.807, 2.05) is 18.2 Å². The lowest BCUT2D eigenvalue weighted by molar-refractivity contribution is 0.599. The van der Waals surface area contributed by atoms with Crippen LogP contribution >= 0.6 is 12.4 Å². The predicted octanol–water partition coefficient (Wildman–Crippen LogP) is 4.34. The van der Waals surface area contributed by atoms with Crippen LogP contribution in [0.5, 0.6) is 0 Å². The van der Waals surface area contributed by atoms with Crippen molar-refractivity contribution in [1.29, 1.82) is 0 Å². The zero-order valence-corrected chi connectivity index (χ0v) is 12.9. The molecule has 1 aliphatic heterocycles. The van der Waals surface area contributed by atoms with E-state index in [1.54, 1.807) is 12.1 Å². The summed E-state index contributed by atoms with van der Waals surface area (Å²) in [6, 6.07) is 13.1. The third-order valence-electron chi connectivity index (χ3n) is 4.12. The molecule has 0 bridgehead atoms. The van der Waals surface area contributed by atoms with Crippen LogP contribution in [0.15, 0.2) is 42.5 Å². The van der Waals surface area contributed by atoms with Crippen molar-refractivity contribution in [2.45, 2.75) is 25.8 Å². The molecule has 0 amide bonds. The fourth-order valence-corrected chi connectivity index (χ4v) is 3.03. The summed E-state index contributed by atoms with van der Waals surface area (Å²) in [5.41, 5.74) is 10.4. The van der Waals surface area contributed by atoms with Gasteiger partial charge in [0.25, 0.3) is 0 Å². The lowest BCUT2D eigenvalue weighted by Gasteiger charge is -2.37. The summed E-state index contributed by atoms with van der Waals surface area (Å²) in [5.74, 6) is -0.181. The van der Waals surface area contributed by atoms with Gasteiger partial charge in [-0.3, -0.25) is 0 Å². The van der Waals surface area contributed by atoms with Gasteiger partial charge in [0.1, 0.15) is 5.82 Å². The first kappa shape index (κ1) is 15.6. The molecular formula is C17H20ClFN2. The van der Waals surface area contributed by atoms with Crippen LogP contribution in [0.3, 0.4) is 0 Å². The standard InChI is InChI=1S/C17H19FN2.ClH/c1-12(13-5-2-6-14(18)11-13)20-10-4-7-15-16(19)8-3-9-17(15)20;/h2-3,5-6,8-9,11-12H,4,7,10,19H2,1H3;1H. The summed E-state index contributed by atoms with van der Waals surface area (Å²) < 4.78 is 13.4. The number of anilines is 2. The normalized spacial score (nSPS) is 15.0. The van der Waals surface area contributed by atoms with Gasteiger partial charge in [-0.05, 0) is 55.2 Å². The van der Waals surface area contributed by atoms with Gasteiger partial charge in [-0.1, -0.05) is 18.2 Å². The molecule has 0 radical (unpaired) electrons. The monoisotopic (exact) mass is 306 g/mol. The molecule has 112 valence electrons. The van der Waals surface area contributed by atoms with Crippen LogP contribution in [-0.4, -0.2) is 6.54 Å². The van der Waals surface area contributed by atoms with Gasteiger partial charge < -0.3 is 10.6 Å². The van der Waals surface area contributed by atoms with Crippen LogP contribution in [0, 0.1) is 5.82 Å². The summed E-state index contributed by atoms with van der Waals surface area (Å²) in [4.78, 5) is 2.32. The highest BCUT2D eigenvalue weighted by molar-refractivity contribution is 5.85. The summed E-state index contributed by atoms with van der Waals surface area (Å²) in [5, 5.41) is 0. The quantitative estimate of drug-likeness (QED) is 0.836. The van der Waals surface area contributed by atoms with E-state index in [2.05, 4.69) is 17.9 Å². The number of nitrogens with two attached hydrogens (primary N) is 1. The number of benzene rings is 2. The molecule has 2 N–H and O–H groups in total. The maximum Gasteiger partial charge on any atom is 0.123 e. The van der Waals surface area contributed by atoms with Crippen molar-refractivity contribution in [2.24, 2.45) is 0 Å². The Labute approximate surface area is 131 Å². The van der Waals surface area contributed by atoms with Gasteiger partial charge >= 0.3 is 0 Å². The number of hydrogen-bond acceptors (Lipinski definition) is 2. The second-order valence-corrected chi connectivity index (χ2v) is 5.37. The topological polar surface area (TPSA) is 29.3 Å². The van der Waals surface area contributed by atoms with Crippen molar-refractivity contribution in [3.63, 3.8) is 0 Å². The van der Waals surface area contributed by atoms with Gasteiger partial charge in [-0.15, -0.1) is 12.4 Å². The smallest absolute Gasteiger partial charge is 0.123 e. The third kappa shape index (κ3) is 2.98. The first-order valence-corrected chi connectivity index (χ1v) is 7.06. The summed E-state index contributed by atoms with van der Waals surface area (Å²) >= 11 is 0. The van der Waals surface area contributed by atoms with Gasteiger partial charge in [0.2, 0.25) is 0 Å². The molecule has 1 unspecified atom stereocenters. The van der Waals surface area contributed by atoms with Crippen LogP contribution in [0.4, 0.5) is 15.8 Å². The minimum atomic E-state index is -0.181. The minimum absolute atomic E-state index is 0. The fraction of sp³-hybridized carbons (Fsp3) is 0.294. The van der Waals surface area contributed by atoms with Gasteiger partial charge in [0.05, 0.1) is 6.04 Å². The molecule has 0 fully saturated rings. The van der Waals surface area contributed by atoms with Gasteiger partial charge in [0, 0.05) is 17.9 Å². The molecule has 2 aromatic rings. The molecule has 1 aliphatic rings. The molecule has 0 aromatic heterocycles. The number of hydrogen-bond donors (Lipinski definition) is 1. The zero-order chi connectivity index (χ0) is 14.1. The Kier molecular flexibility index (Phi) is 4.73. The number of fused-ring (bicyclic) bond motifs is 1. The highest BCUT2D eigenvalue weighted by atomic mass is 35.5. The van der Waals surface area contributed by atoms with Crippen molar-refractivity contribution in [1.82, 2.24) is 0 Å². The van der Waals surface area contributed by atoms with E-state index < -0.39 is 0 Å². The Morgan fingerprint density at radius 3 is 2.71 bits per heavy atom. The van der Waals surface area contributed by atoms with Crippen molar-refractivity contribution in [2.75, 3.05) is 17.2 Å². The maximum absolute atomic E-state index is 13.4. The Balaban J connectivity index is 0.00000161. The molecule has 4 heteroatoms. The molecule has 3 rings (SSSR count). The van der Waals surface area contributed by atoms with Gasteiger partial charge in [0.15, 0.2) is 0 Å². The second kappa shape index (κ2) is 6.35. The highest BCUT2D eigenvalue weighted by Gasteiger charge is 2.23. The Morgan fingerprint density at radius 1 is 1.19 bits per heavy atom. The second-order valence-electron chi connectivity index (χ2n) is 5.37. The van der Waals surface area contributed by atoms with E-state index in [4.69, 9.17) is 5.73 Å². The summed E-state index contributed by atoms with van der Waals surface area (Å²) in [6.45, 7) is 3.10. The molecule has 0 aliphatic carbocycles. The molecule has 2 aromatic carbocycles. The molecule has 21 heavy (non-hydrogen) atoms. The van der Waals surface area contributed by atoms with Gasteiger partial charge in [-0.2, -0.15) is 0 Å². The van der Waals surface area contributed by atoms with E-state index in [0.29, 0.717) is 0 Å². The first-order chi connectivity index (χ1) is 9.66. The van der Waals surface area contributed by atoms with Crippen LogP contribution < -0.4 is 10.6 Å². The van der Waals surface area contributed by atoms with Crippen LogP contribution in [0.25, 0.3) is 0 Å². The molecule has 2 nitrogen and oxygen atoms in total. The Bertz CT molecular complexity index is 630. The van der Waals surface area contributed by atoms with Crippen LogP contribution in [0.2, 0.25) is 0 Å². The third-order valence-corrected chi connectivity index (χ3v) is 4.12. The van der Waals surface area contributed by atoms with E-state index in [-0.39, 0.29) is 24.3 Å². The predicted molar refractivity (Wildman–Crippen MR) is 88.6 cm³/mol. The zero-order valence-electron chi connectivity index (χ0n) is 12.1. The number of rotatable bonds is 2. The molecular weight excluding hydrogens is 287 g/mol. The average molecular weight is 307 g/mol. The SMILES string of the molecule is CC(c1cccc(F)c1)N1CCCc2c(N)cccc21.Cl. The molecule has 0 saturated carbocycles. The number of nitrogen functional groups attached to an aromatic ring is 1. The molecule has 1 heterocycles. The average Bonchev–Trinajstić information content (AvgIpc) is 2.46. The van der Waals surface area contributed by atoms with E-state index >= 15 is 0 Å². The first-order valence-electron chi connectivity index (χ1n) is 7.06. The molecule has 0 saturated heterocycles. The van der Waals surface area contributed by atoms with Crippen molar-refractivity contribution >= 4 is 23.8 Å². The van der Waals surface area contributed by atoms with Crippen molar-refractivity contribution < 1.29 is 4.39 Å². The lowest BCUT2D eigenvalue weighted by Crippen LogP contribution is -2.32. The van der Waals surface area contributed by atoms with Gasteiger partial charge in [-0.25, -0.2) is 4.39 Å². The Hall–Kier alpha value is -1.74. The number of nitrogens with zero attached hydrogens (tertiary/aromatic N) is 1.